The Bertz CT molecular complexity index is 1310. The van der Waals surface area contributed by atoms with Crippen molar-refractivity contribution in [2.24, 2.45) is 17.3 Å². The average Bonchev–Trinajstić information content (AvgIpc) is 3.64. The second-order valence-electron chi connectivity index (χ2n) is 13.4. The molecule has 3 fully saturated rings. The third-order valence-corrected chi connectivity index (χ3v) is 9.79. The molecule has 42 heavy (non-hydrogen) atoms. The van der Waals surface area contributed by atoms with E-state index in [1.54, 1.807) is 0 Å². The highest BCUT2D eigenvalue weighted by Gasteiger charge is 2.38. The summed E-state index contributed by atoms with van der Waals surface area (Å²) in [5.41, 5.74) is 0.307. The van der Waals surface area contributed by atoms with E-state index >= 15 is 0 Å². The van der Waals surface area contributed by atoms with Crippen molar-refractivity contribution < 1.29 is 19.4 Å². The molecule has 0 radical (unpaired) electrons. The first kappa shape index (κ1) is 30.4. The first-order valence-corrected chi connectivity index (χ1v) is 16.5. The van der Waals surface area contributed by atoms with Gasteiger partial charge in [-0.1, -0.05) is 24.8 Å². The van der Waals surface area contributed by atoms with E-state index in [2.05, 4.69) is 23.7 Å². The van der Waals surface area contributed by atoms with E-state index in [1.165, 1.54) is 24.2 Å². The maximum Gasteiger partial charge on any atom is 0.348 e. The third-order valence-electron chi connectivity index (χ3n) is 8.76. The lowest BCUT2D eigenvalue weighted by atomic mass is 9.81. The van der Waals surface area contributed by atoms with Gasteiger partial charge in [0.05, 0.1) is 10.6 Å². The predicted molar refractivity (Wildman–Crippen MR) is 169 cm³/mol. The number of aromatic carboxylic acids is 1. The minimum atomic E-state index is -1.00. The predicted octanol–water partition coefficient (Wildman–Crippen LogP) is 7.39. The number of carbonyl (C=O) groups excluding carboxylic acids is 1. The molecule has 0 bridgehead atoms. The standard InChI is InChI=1S/C34H45N3O4S/c1-23-10-12-24(13-11-23)32(38)37(28-22-27(18-19-34(2,3)4)42-31(28)33(39)40)25-14-16-26(17-15-25)41-30-9-7-8-29(35-30)36-20-5-6-21-36/h7-9,22-26H,5-6,10-17,20-21H2,1-4H3,(H,39,40). The first-order chi connectivity index (χ1) is 20.1. The number of carboxylic acids is 1. The molecule has 3 heterocycles. The summed E-state index contributed by atoms with van der Waals surface area (Å²) < 4.78 is 6.36. The quantitative estimate of drug-likeness (QED) is 0.338. The Morgan fingerprint density at radius 2 is 1.74 bits per heavy atom. The van der Waals surface area contributed by atoms with E-state index in [0.29, 0.717) is 22.4 Å². The van der Waals surface area contributed by atoms with Gasteiger partial charge >= 0.3 is 5.97 Å². The van der Waals surface area contributed by atoms with Crippen molar-refractivity contribution >= 4 is 34.7 Å². The van der Waals surface area contributed by atoms with Crippen molar-refractivity contribution in [1.82, 2.24) is 4.98 Å². The summed E-state index contributed by atoms with van der Waals surface area (Å²) >= 11 is 1.18. The second-order valence-corrected chi connectivity index (χ2v) is 14.4. The number of rotatable bonds is 7. The van der Waals surface area contributed by atoms with Gasteiger partial charge in [0.1, 0.15) is 16.8 Å². The number of pyridine rings is 1. The fraction of sp³-hybridized carbons (Fsp3) is 0.618. The summed E-state index contributed by atoms with van der Waals surface area (Å²) in [7, 11) is 0. The van der Waals surface area contributed by atoms with Crippen molar-refractivity contribution in [3.8, 4) is 17.7 Å². The molecule has 1 aliphatic heterocycles. The molecule has 2 saturated carbocycles. The number of amides is 1. The van der Waals surface area contributed by atoms with Gasteiger partial charge < -0.3 is 19.6 Å². The molecule has 7 nitrogen and oxygen atoms in total. The molecule has 0 unspecified atom stereocenters. The molecule has 1 saturated heterocycles. The van der Waals surface area contributed by atoms with Crippen LogP contribution in [-0.2, 0) is 4.79 Å². The lowest BCUT2D eigenvalue weighted by Gasteiger charge is -2.39. The Labute approximate surface area is 254 Å². The zero-order valence-electron chi connectivity index (χ0n) is 25.5. The molecule has 0 spiro atoms. The van der Waals surface area contributed by atoms with Crippen LogP contribution < -0.4 is 14.5 Å². The molecule has 2 aliphatic carbocycles. The van der Waals surface area contributed by atoms with E-state index in [0.717, 1.165) is 70.3 Å². The van der Waals surface area contributed by atoms with Crippen LogP contribution in [0.25, 0.3) is 0 Å². The van der Waals surface area contributed by atoms with Crippen LogP contribution in [0.3, 0.4) is 0 Å². The Hall–Kier alpha value is -3.05. The normalized spacial score (nSPS) is 24.5. The summed E-state index contributed by atoms with van der Waals surface area (Å²) in [5.74, 6) is 7.65. The first-order valence-electron chi connectivity index (χ1n) is 15.7. The molecule has 0 aromatic carbocycles. The lowest BCUT2D eigenvalue weighted by molar-refractivity contribution is -0.124. The monoisotopic (exact) mass is 591 g/mol. The fourth-order valence-corrected chi connectivity index (χ4v) is 7.25. The molecular weight excluding hydrogens is 546 g/mol. The molecule has 8 heteroatoms. The highest BCUT2D eigenvalue weighted by atomic mass is 32.1. The van der Waals surface area contributed by atoms with Crippen LogP contribution in [0, 0.1) is 29.1 Å². The maximum absolute atomic E-state index is 14.2. The zero-order chi connectivity index (χ0) is 29.9. The summed E-state index contributed by atoms with van der Waals surface area (Å²) in [6.45, 7) is 10.4. The van der Waals surface area contributed by atoms with Crippen LogP contribution in [0.5, 0.6) is 5.88 Å². The summed E-state index contributed by atoms with van der Waals surface area (Å²) in [5, 5.41) is 10.2. The molecular formula is C34H45N3O4S. The number of hydrogen-bond donors (Lipinski definition) is 1. The highest BCUT2D eigenvalue weighted by Crippen LogP contribution is 2.39. The van der Waals surface area contributed by atoms with Gasteiger partial charge in [0, 0.05) is 36.5 Å². The maximum atomic E-state index is 14.2. The van der Waals surface area contributed by atoms with Crippen LogP contribution in [0.2, 0.25) is 0 Å². The lowest BCUT2D eigenvalue weighted by Crippen LogP contribution is -2.47. The van der Waals surface area contributed by atoms with Crippen molar-refractivity contribution in [2.45, 2.75) is 104 Å². The molecule has 3 aliphatic rings. The molecule has 2 aromatic heterocycles. The Morgan fingerprint density at radius 3 is 2.38 bits per heavy atom. The Morgan fingerprint density at radius 1 is 1.05 bits per heavy atom. The second kappa shape index (κ2) is 13.1. The van der Waals surface area contributed by atoms with Crippen LogP contribution >= 0.6 is 11.3 Å². The molecule has 2 aromatic rings. The minimum Gasteiger partial charge on any atom is -0.477 e. The van der Waals surface area contributed by atoms with E-state index in [9.17, 15) is 14.7 Å². The number of ether oxygens (including phenoxy) is 1. The van der Waals surface area contributed by atoms with Gasteiger partial charge in [0.25, 0.3) is 0 Å². The van der Waals surface area contributed by atoms with Crippen LogP contribution in [-0.4, -0.2) is 47.2 Å². The van der Waals surface area contributed by atoms with Crippen LogP contribution in [0.1, 0.15) is 106 Å². The largest absolute Gasteiger partial charge is 0.477 e. The van der Waals surface area contributed by atoms with Gasteiger partial charge in [-0.15, -0.1) is 11.3 Å². The zero-order valence-corrected chi connectivity index (χ0v) is 26.3. The number of carbonyl (C=O) groups is 2. The molecule has 226 valence electrons. The molecule has 5 rings (SSSR count). The Balaban J connectivity index is 1.36. The molecule has 0 atom stereocenters. The van der Waals surface area contributed by atoms with Crippen molar-refractivity contribution in [3.63, 3.8) is 0 Å². The van der Waals surface area contributed by atoms with Gasteiger partial charge in [0.2, 0.25) is 11.8 Å². The van der Waals surface area contributed by atoms with Crippen molar-refractivity contribution in [1.29, 1.82) is 0 Å². The SMILES string of the molecule is CC1CCC(C(=O)N(c2cc(C#CC(C)(C)C)sc2C(=O)O)C2CCC(Oc3cccc(N4CCCC4)n3)CC2)CC1. The Kier molecular flexibility index (Phi) is 9.47. The van der Waals surface area contributed by atoms with E-state index in [-0.39, 0.29) is 34.3 Å². The van der Waals surface area contributed by atoms with Gasteiger partial charge in [-0.3, -0.25) is 4.79 Å². The number of carboxylic acid groups (broad SMARTS) is 1. The average molecular weight is 592 g/mol. The highest BCUT2D eigenvalue weighted by molar-refractivity contribution is 7.15. The summed E-state index contributed by atoms with van der Waals surface area (Å²) in [6.07, 6.45) is 9.28. The molecule has 1 amide bonds. The number of thiophene rings is 1. The van der Waals surface area contributed by atoms with Gasteiger partial charge in [-0.2, -0.15) is 4.98 Å². The fourth-order valence-electron chi connectivity index (χ4n) is 6.41. The van der Waals surface area contributed by atoms with Gasteiger partial charge in [-0.05, 0) is 103 Å². The molecule has 1 N–H and O–H groups in total. The summed E-state index contributed by atoms with van der Waals surface area (Å²) in [6, 6.07) is 7.75. The summed E-state index contributed by atoms with van der Waals surface area (Å²) in [4.78, 5) is 36.5. The number of aromatic nitrogens is 1. The van der Waals surface area contributed by atoms with E-state index < -0.39 is 5.97 Å². The number of hydrogen-bond acceptors (Lipinski definition) is 6. The minimum absolute atomic E-state index is 0.0182. The van der Waals surface area contributed by atoms with Gasteiger partial charge in [-0.25, -0.2) is 4.79 Å². The van der Waals surface area contributed by atoms with Gasteiger partial charge in [0.15, 0.2) is 0 Å². The van der Waals surface area contributed by atoms with E-state index in [1.807, 2.05) is 49.9 Å². The van der Waals surface area contributed by atoms with Crippen LogP contribution in [0.4, 0.5) is 11.5 Å². The van der Waals surface area contributed by atoms with E-state index in [4.69, 9.17) is 9.72 Å². The smallest absolute Gasteiger partial charge is 0.348 e. The third kappa shape index (κ3) is 7.47. The van der Waals surface area contributed by atoms with Crippen molar-refractivity contribution in [2.75, 3.05) is 22.9 Å². The van der Waals surface area contributed by atoms with Crippen LogP contribution in [0.15, 0.2) is 24.3 Å². The topological polar surface area (TPSA) is 83.0 Å². The number of anilines is 2. The number of nitrogens with zero attached hydrogens (tertiary/aromatic N) is 3. The van der Waals surface area contributed by atoms with Crippen molar-refractivity contribution in [3.05, 3.63) is 34.0 Å².